The van der Waals surface area contributed by atoms with Gasteiger partial charge >= 0.3 is 0 Å². The van der Waals surface area contributed by atoms with Gasteiger partial charge in [-0.15, -0.1) is 0 Å². The molecule has 1 aromatic heterocycles. The predicted molar refractivity (Wildman–Crippen MR) is 81.0 cm³/mol. The van der Waals surface area contributed by atoms with Gasteiger partial charge in [-0.3, -0.25) is 9.98 Å². The van der Waals surface area contributed by atoms with Crippen molar-refractivity contribution in [2.45, 2.75) is 32.3 Å². The van der Waals surface area contributed by atoms with E-state index in [2.05, 4.69) is 26.7 Å². The highest BCUT2D eigenvalue weighted by Crippen LogP contribution is 2.10. The Morgan fingerprint density at radius 1 is 1.45 bits per heavy atom. The predicted octanol–water partition coefficient (Wildman–Crippen LogP) is 1.28. The van der Waals surface area contributed by atoms with Gasteiger partial charge in [-0.25, -0.2) is 0 Å². The molecule has 1 aromatic rings. The van der Waals surface area contributed by atoms with Crippen molar-refractivity contribution in [2.24, 2.45) is 4.99 Å². The van der Waals surface area contributed by atoms with Crippen LogP contribution in [0.5, 0.6) is 0 Å². The standard InChI is InChI=1S/C15H24N4O/c1-12-5-6-13(10-18-12)7-8-17-15(16-2)19-11-14-4-3-9-20-14/h5-6,10,14H,3-4,7-9,11H2,1-2H3,(H2,16,17,19). The SMILES string of the molecule is CN=C(NCCc1ccc(C)nc1)NCC1CCCO1. The van der Waals surface area contributed by atoms with Gasteiger partial charge in [0.25, 0.3) is 0 Å². The summed E-state index contributed by atoms with van der Waals surface area (Å²) in [6.07, 6.45) is 5.50. The van der Waals surface area contributed by atoms with Crippen LogP contribution in [0.3, 0.4) is 0 Å². The Bertz CT molecular complexity index is 424. The van der Waals surface area contributed by atoms with Crippen molar-refractivity contribution < 1.29 is 4.74 Å². The lowest BCUT2D eigenvalue weighted by atomic mass is 10.2. The highest BCUT2D eigenvalue weighted by atomic mass is 16.5. The third kappa shape index (κ3) is 4.81. The number of nitrogens with one attached hydrogen (secondary N) is 2. The van der Waals surface area contributed by atoms with Gasteiger partial charge in [0.2, 0.25) is 0 Å². The minimum atomic E-state index is 0.329. The maximum Gasteiger partial charge on any atom is 0.191 e. The van der Waals surface area contributed by atoms with Crippen molar-refractivity contribution >= 4 is 5.96 Å². The van der Waals surface area contributed by atoms with Crippen LogP contribution in [-0.2, 0) is 11.2 Å². The molecule has 2 heterocycles. The Kier molecular flexibility index (Phi) is 5.80. The second-order valence-corrected chi connectivity index (χ2v) is 5.07. The number of aryl methyl sites for hydroxylation is 1. The fourth-order valence-electron chi connectivity index (χ4n) is 2.21. The molecule has 1 fully saturated rings. The molecule has 1 atom stereocenters. The summed E-state index contributed by atoms with van der Waals surface area (Å²) in [4.78, 5) is 8.51. The molecule has 5 nitrogen and oxygen atoms in total. The van der Waals surface area contributed by atoms with E-state index < -0.39 is 0 Å². The third-order valence-corrected chi connectivity index (χ3v) is 3.42. The van der Waals surface area contributed by atoms with Crippen LogP contribution in [-0.4, -0.2) is 43.8 Å². The lowest BCUT2D eigenvalue weighted by Gasteiger charge is -2.15. The minimum absolute atomic E-state index is 0.329. The lowest BCUT2D eigenvalue weighted by Crippen LogP contribution is -2.41. The van der Waals surface area contributed by atoms with Gasteiger partial charge in [0.1, 0.15) is 0 Å². The Morgan fingerprint density at radius 2 is 2.35 bits per heavy atom. The zero-order chi connectivity index (χ0) is 14.2. The minimum Gasteiger partial charge on any atom is -0.376 e. The first-order valence-corrected chi connectivity index (χ1v) is 7.25. The Morgan fingerprint density at radius 3 is 3.00 bits per heavy atom. The molecule has 1 aliphatic heterocycles. The van der Waals surface area contributed by atoms with Crippen molar-refractivity contribution in [1.82, 2.24) is 15.6 Å². The van der Waals surface area contributed by atoms with E-state index in [1.165, 1.54) is 12.0 Å². The number of pyridine rings is 1. The number of guanidine groups is 1. The van der Waals surface area contributed by atoms with Crippen LogP contribution in [0.15, 0.2) is 23.3 Å². The number of hydrogen-bond acceptors (Lipinski definition) is 3. The summed E-state index contributed by atoms with van der Waals surface area (Å²) in [6.45, 7) is 4.55. The van der Waals surface area contributed by atoms with Gasteiger partial charge in [-0.05, 0) is 37.8 Å². The number of ether oxygens (including phenoxy) is 1. The summed E-state index contributed by atoms with van der Waals surface area (Å²) >= 11 is 0. The molecular weight excluding hydrogens is 252 g/mol. The molecule has 0 aliphatic carbocycles. The van der Waals surface area contributed by atoms with Gasteiger partial charge in [-0.2, -0.15) is 0 Å². The van der Waals surface area contributed by atoms with E-state index >= 15 is 0 Å². The smallest absolute Gasteiger partial charge is 0.191 e. The molecule has 0 bridgehead atoms. The molecule has 5 heteroatoms. The lowest BCUT2D eigenvalue weighted by molar-refractivity contribution is 0.114. The third-order valence-electron chi connectivity index (χ3n) is 3.42. The second-order valence-electron chi connectivity index (χ2n) is 5.07. The number of hydrogen-bond donors (Lipinski definition) is 2. The maximum absolute atomic E-state index is 5.58. The summed E-state index contributed by atoms with van der Waals surface area (Å²) in [5.41, 5.74) is 2.29. The van der Waals surface area contributed by atoms with E-state index in [4.69, 9.17) is 4.74 Å². The molecule has 0 saturated carbocycles. The number of aliphatic imine (C=N–C) groups is 1. The first kappa shape index (κ1) is 14.8. The van der Waals surface area contributed by atoms with Gasteiger partial charge < -0.3 is 15.4 Å². The molecule has 0 spiro atoms. The normalized spacial score (nSPS) is 19.1. The van der Waals surface area contributed by atoms with Crippen LogP contribution in [0.1, 0.15) is 24.1 Å². The largest absolute Gasteiger partial charge is 0.376 e. The molecule has 2 rings (SSSR count). The van der Waals surface area contributed by atoms with Crippen LogP contribution < -0.4 is 10.6 Å². The van der Waals surface area contributed by atoms with Gasteiger partial charge in [0, 0.05) is 38.6 Å². The van der Waals surface area contributed by atoms with E-state index in [1.807, 2.05) is 19.2 Å². The number of rotatable bonds is 5. The number of aromatic nitrogens is 1. The Hall–Kier alpha value is -1.62. The molecule has 0 aromatic carbocycles. The van der Waals surface area contributed by atoms with Crippen LogP contribution in [0.2, 0.25) is 0 Å². The summed E-state index contributed by atoms with van der Waals surface area (Å²) in [5, 5.41) is 6.62. The topological polar surface area (TPSA) is 58.5 Å². The van der Waals surface area contributed by atoms with E-state index in [-0.39, 0.29) is 0 Å². The molecule has 1 saturated heterocycles. The molecular formula is C15H24N4O. The van der Waals surface area contributed by atoms with Crippen LogP contribution in [0.25, 0.3) is 0 Å². The van der Waals surface area contributed by atoms with Crippen molar-refractivity contribution in [1.29, 1.82) is 0 Å². The summed E-state index contributed by atoms with van der Waals surface area (Å²) in [5.74, 6) is 0.834. The first-order valence-electron chi connectivity index (χ1n) is 7.25. The van der Waals surface area contributed by atoms with E-state index in [0.29, 0.717) is 6.10 Å². The molecule has 1 unspecified atom stereocenters. The summed E-state index contributed by atoms with van der Waals surface area (Å²) in [6, 6.07) is 4.16. The van der Waals surface area contributed by atoms with Crippen molar-refractivity contribution in [2.75, 3.05) is 26.7 Å². The maximum atomic E-state index is 5.58. The van der Waals surface area contributed by atoms with Crippen molar-refractivity contribution in [3.63, 3.8) is 0 Å². The average Bonchev–Trinajstić information content (AvgIpc) is 2.98. The van der Waals surface area contributed by atoms with Crippen LogP contribution in [0, 0.1) is 6.92 Å². The fraction of sp³-hybridized carbons (Fsp3) is 0.600. The zero-order valence-corrected chi connectivity index (χ0v) is 12.4. The van der Waals surface area contributed by atoms with Crippen LogP contribution in [0.4, 0.5) is 0 Å². The second kappa shape index (κ2) is 7.85. The molecule has 110 valence electrons. The number of nitrogens with zero attached hydrogens (tertiary/aromatic N) is 2. The quantitative estimate of drug-likeness (QED) is 0.628. The van der Waals surface area contributed by atoms with Crippen LogP contribution >= 0.6 is 0 Å². The van der Waals surface area contributed by atoms with Crippen molar-refractivity contribution in [3.05, 3.63) is 29.6 Å². The van der Waals surface area contributed by atoms with E-state index in [1.54, 1.807) is 7.05 Å². The highest BCUT2D eigenvalue weighted by Gasteiger charge is 2.15. The fourth-order valence-corrected chi connectivity index (χ4v) is 2.21. The molecule has 0 radical (unpaired) electrons. The van der Waals surface area contributed by atoms with Crippen molar-refractivity contribution in [3.8, 4) is 0 Å². The molecule has 20 heavy (non-hydrogen) atoms. The average molecular weight is 276 g/mol. The van der Waals surface area contributed by atoms with E-state index in [0.717, 1.165) is 44.2 Å². The monoisotopic (exact) mass is 276 g/mol. The Labute approximate surface area is 120 Å². The summed E-state index contributed by atoms with van der Waals surface area (Å²) < 4.78 is 5.58. The van der Waals surface area contributed by atoms with E-state index in [9.17, 15) is 0 Å². The first-order chi connectivity index (χ1) is 9.78. The molecule has 2 N–H and O–H groups in total. The molecule has 1 aliphatic rings. The van der Waals surface area contributed by atoms with Gasteiger partial charge in [0.15, 0.2) is 5.96 Å². The highest BCUT2D eigenvalue weighted by molar-refractivity contribution is 5.79. The van der Waals surface area contributed by atoms with Gasteiger partial charge in [-0.1, -0.05) is 6.07 Å². The van der Waals surface area contributed by atoms with Gasteiger partial charge in [0.05, 0.1) is 6.10 Å². The summed E-state index contributed by atoms with van der Waals surface area (Å²) in [7, 11) is 1.79. The Balaban J connectivity index is 1.66. The zero-order valence-electron chi connectivity index (χ0n) is 12.4. The molecule has 0 amide bonds.